The first-order valence-corrected chi connectivity index (χ1v) is 5.17. The number of allylic oxidation sites excluding steroid dienone is 1. The van der Waals surface area contributed by atoms with Gasteiger partial charge >= 0.3 is 0 Å². The Hall–Kier alpha value is -0.383. The number of hydrogen-bond acceptors (Lipinski definition) is 2. The minimum Gasteiger partial charge on any atom is -0.339 e. The maximum Gasteiger partial charge on any atom is 0.171 e. The summed E-state index contributed by atoms with van der Waals surface area (Å²) in [6, 6.07) is 0. The molecule has 0 aromatic carbocycles. The molecule has 0 amide bonds. The minimum atomic E-state index is 0.704. The fourth-order valence-electron chi connectivity index (χ4n) is 0.751. The van der Waals surface area contributed by atoms with Crippen LogP contribution >= 0.6 is 0 Å². The van der Waals surface area contributed by atoms with Gasteiger partial charge in [-0.25, -0.2) is 0 Å². The number of nitrogens with zero attached hydrogens (tertiary/aromatic N) is 1. The summed E-state index contributed by atoms with van der Waals surface area (Å²) in [5.41, 5.74) is 3.53. The van der Waals surface area contributed by atoms with Gasteiger partial charge in [0.2, 0.25) is 0 Å². The van der Waals surface area contributed by atoms with E-state index in [9.17, 15) is 0 Å². The van der Waals surface area contributed by atoms with Crippen molar-refractivity contribution < 1.29 is 0 Å². The molecule has 68 valence electrons. The van der Waals surface area contributed by atoms with Crippen molar-refractivity contribution in [1.29, 1.82) is 0 Å². The molecule has 2 nitrogen and oxygen atoms in total. The van der Waals surface area contributed by atoms with E-state index in [1.807, 2.05) is 13.1 Å². The summed E-state index contributed by atoms with van der Waals surface area (Å²) in [5.74, 6) is 0. The van der Waals surface area contributed by atoms with Gasteiger partial charge in [0.1, 0.15) is 0 Å². The average Bonchev–Trinajstić information content (AvgIpc) is 2.05. The zero-order valence-electron chi connectivity index (χ0n) is 8.22. The highest BCUT2D eigenvalue weighted by molar-refractivity contribution is 6.39. The summed E-state index contributed by atoms with van der Waals surface area (Å²) in [6.07, 6.45) is 3.03. The SMILES string of the molecule is C=CC(=C[Si]NC)CCN(C)C. The van der Waals surface area contributed by atoms with Crippen LogP contribution in [0.5, 0.6) is 0 Å². The number of nitrogens with one attached hydrogen (secondary N) is 1. The van der Waals surface area contributed by atoms with Crippen LogP contribution in [0.3, 0.4) is 0 Å². The molecule has 0 aromatic rings. The highest BCUT2D eigenvalue weighted by atomic mass is 28.2. The van der Waals surface area contributed by atoms with E-state index < -0.39 is 0 Å². The molecule has 0 aliphatic heterocycles. The van der Waals surface area contributed by atoms with Gasteiger partial charge in [0, 0.05) is 6.54 Å². The first kappa shape index (κ1) is 11.6. The van der Waals surface area contributed by atoms with Crippen LogP contribution in [-0.4, -0.2) is 42.3 Å². The predicted molar refractivity (Wildman–Crippen MR) is 56.3 cm³/mol. The Kier molecular flexibility index (Phi) is 7.04. The van der Waals surface area contributed by atoms with E-state index in [0.717, 1.165) is 13.0 Å². The maximum absolute atomic E-state index is 3.78. The third-order valence-corrected chi connectivity index (χ3v) is 2.32. The van der Waals surface area contributed by atoms with Crippen molar-refractivity contribution >= 4 is 9.68 Å². The quantitative estimate of drug-likeness (QED) is 0.484. The van der Waals surface area contributed by atoms with E-state index in [0.29, 0.717) is 9.68 Å². The second-order valence-electron chi connectivity index (χ2n) is 2.87. The van der Waals surface area contributed by atoms with Crippen LogP contribution in [0.25, 0.3) is 0 Å². The smallest absolute Gasteiger partial charge is 0.171 e. The Morgan fingerprint density at radius 3 is 2.67 bits per heavy atom. The highest BCUT2D eigenvalue weighted by Crippen LogP contribution is 2.01. The van der Waals surface area contributed by atoms with Crippen LogP contribution in [0, 0.1) is 0 Å². The first-order valence-electron chi connectivity index (χ1n) is 4.09. The summed E-state index contributed by atoms with van der Waals surface area (Å²) in [6.45, 7) is 4.87. The van der Waals surface area contributed by atoms with Crippen molar-refractivity contribution in [2.45, 2.75) is 6.42 Å². The largest absolute Gasteiger partial charge is 0.339 e. The zero-order valence-corrected chi connectivity index (χ0v) is 9.22. The van der Waals surface area contributed by atoms with E-state index >= 15 is 0 Å². The van der Waals surface area contributed by atoms with Crippen LogP contribution < -0.4 is 4.98 Å². The van der Waals surface area contributed by atoms with Crippen molar-refractivity contribution in [3.8, 4) is 0 Å². The molecule has 0 saturated carbocycles. The normalized spacial score (nSPS) is 12.2. The van der Waals surface area contributed by atoms with Gasteiger partial charge in [-0.15, -0.1) is 0 Å². The molecule has 12 heavy (non-hydrogen) atoms. The molecule has 0 aliphatic carbocycles. The predicted octanol–water partition coefficient (Wildman–Crippen LogP) is 0.847. The summed E-state index contributed by atoms with van der Waals surface area (Å²) >= 11 is 0. The molecule has 0 bridgehead atoms. The van der Waals surface area contributed by atoms with Gasteiger partial charge in [0.25, 0.3) is 0 Å². The van der Waals surface area contributed by atoms with Crippen LogP contribution in [0.1, 0.15) is 6.42 Å². The lowest BCUT2D eigenvalue weighted by atomic mass is 10.2. The standard InChI is InChI=1S/C9H18N2Si/c1-5-9(8-12-10-2)6-7-11(3)4/h5,8,10H,1,6-7H2,2-4H3. The number of rotatable bonds is 6. The summed E-state index contributed by atoms with van der Waals surface area (Å²) in [4.78, 5) is 5.29. The topological polar surface area (TPSA) is 15.3 Å². The van der Waals surface area contributed by atoms with Crippen molar-refractivity contribution in [2.75, 3.05) is 27.7 Å². The molecule has 0 atom stereocenters. The third kappa shape index (κ3) is 6.33. The van der Waals surface area contributed by atoms with Gasteiger partial charge in [-0.3, -0.25) is 0 Å². The first-order chi connectivity index (χ1) is 5.70. The molecule has 0 fully saturated rings. The molecule has 0 unspecified atom stereocenters. The molecular weight excluding hydrogens is 164 g/mol. The van der Waals surface area contributed by atoms with Gasteiger partial charge in [-0.05, 0) is 27.6 Å². The van der Waals surface area contributed by atoms with Gasteiger partial charge in [-0.1, -0.05) is 23.9 Å². The summed E-state index contributed by atoms with van der Waals surface area (Å²) in [7, 11) is 6.83. The maximum atomic E-state index is 3.78. The zero-order chi connectivity index (χ0) is 9.40. The summed E-state index contributed by atoms with van der Waals surface area (Å²) < 4.78 is 0. The molecule has 3 heteroatoms. The van der Waals surface area contributed by atoms with Gasteiger partial charge in [0.05, 0.1) is 0 Å². The van der Waals surface area contributed by atoms with Crippen molar-refractivity contribution in [3.63, 3.8) is 0 Å². The molecule has 2 radical (unpaired) electrons. The molecule has 1 N–H and O–H groups in total. The van der Waals surface area contributed by atoms with Crippen LogP contribution in [0.4, 0.5) is 0 Å². The van der Waals surface area contributed by atoms with E-state index in [4.69, 9.17) is 0 Å². The average molecular weight is 182 g/mol. The van der Waals surface area contributed by atoms with Crippen molar-refractivity contribution in [3.05, 3.63) is 23.9 Å². The monoisotopic (exact) mass is 182 g/mol. The highest BCUT2D eigenvalue weighted by Gasteiger charge is 1.93. The van der Waals surface area contributed by atoms with Gasteiger partial charge in [-0.2, -0.15) is 0 Å². The number of hydrogen-bond donors (Lipinski definition) is 1. The van der Waals surface area contributed by atoms with Gasteiger partial charge < -0.3 is 9.88 Å². The van der Waals surface area contributed by atoms with E-state index in [-0.39, 0.29) is 0 Å². The van der Waals surface area contributed by atoms with Crippen LogP contribution in [0.2, 0.25) is 0 Å². The molecule has 0 aliphatic rings. The Balaban J connectivity index is 3.74. The van der Waals surface area contributed by atoms with Crippen molar-refractivity contribution in [2.24, 2.45) is 0 Å². The molecule has 0 spiro atoms. The van der Waals surface area contributed by atoms with Gasteiger partial charge in [0.15, 0.2) is 9.68 Å². The molecule has 0 saturated heterocycles. The molecule has 0 rings (SSSR count). The second kappa shape index (κ2) is 7.28. The lowest BCUT2D eigenvalue weighted by molar-refractivity contribution is 0.414. The van der Waals surface area contributed by atoms with Crippen LogP contribution in [-0.2, 0) is 0 Å². The van der Waals surface area contributed by atoms with Crippen LogP contribution in [0.15, 0.2) is 23.9 Å². The fourth-order valence-corrected chi connectivity index (χ4v) is 1.34. The molecule has 0 aromatic heterocycles. The molecular formula is C9H18N2Si. The third-order valence-electron chi connectivity index (χ3n) is 1.51. The van der Waals surface area contributed by atoms with E-state index in [1.165, 1.54) is 5.57 Å². The van der Waals surface area contributed by atoms with E-state index in [2.05, 4.69) is 36.3 Å². The lowest BCUT2D eigenvalue weighted by Gasteiger charge is -2.09. The Bertz CT molecular complexity index is 153. The Morgan fingerprint density at radius 1 is 1.58 bits per heavy atom. The second-order valence-corrected chi connectivity index (χ2v) is 3.95. The molecule has 0 heterocycles. The minimum absolute atomic E-state index is 0.704. The fraction of sp³-hybridized carbons (Fsp3) is 0.556. The van der Waals surface area contributed by atoms with E-state index in [1.54, 1.807) is 0 Å². The Labute approximate surface area is 78.2 Å². The lowest BCUT2D eigenvalue weighted by Crippen LogP contribution is -2.14. The Morgan fingerprint density at radius 2 is 2.25 bits per heavy atom. The summed E-state index contributed by atoms with van der Waals surface area (Å²) in [5, 5.41) is 0. The van der Waals surface area contributed by atoms with Crippen molar-refractivity contribution in [1.82, 2.24) is 9.88 Å².